The predicted octanol–water partition coefficient (Wildman–Crippen LogP) is 3.53. The third kappa shape index (κ3) is 3.55. The van der Waals surface area contributed by atoms with Crippen molar-refractivity contribution in [1.82, 2.24) is 10.1 Å². The zero-order valence-electron chi connectivity index (χ0n) is 12.9. The van der Waals surface area contributed by atoms with Gasteiger partial charge in [-0.25, -0.2) is 0 Å². The van der Waals surface area contributed by atoms with Gasteiger partial charge in [-0.1, -0.05) is 28.4 Å². The van der Waals surface area contributed by atoms with Crippen LogP contribution in [-0.2, 0) is 4.79 Å². The number of hydrogen-bond donors (Lipinski definition) is 1. The summed E-state index contributed by atoms with van der Waals surface area (Å²) in [6.45, 7) is 2.21. The summed E-state index contributed by atoms with van der Waals surface area (Å²) in [5, 5.41) is 7.34. The minimum atomic E-state index is -0.563. The molecule has 1 N–H and O–H groups in total. The highest BCUT2D eigenvalue weighted by Crippen LogP contribution is 2.25. The van der Waals surface area contributed by atoms with Crippen molar-refractivity contribution < 1.29 is 14.1 Å². The highest BCUT2D eigenvalue weighted by atomic mass is 35.5. The topological polar surface area (TPSA) is 75.4 Å². The molecule has 1 unspecified atom stereocenters. The second kappa shape index (κ2) is 6.83. The number of rotatable bonds is 3. The second-order valence-corrected chi connectivity index (χ2v) is 6.50. The van der Waals surface area contributed by atoms with Gasteiger partial charge in [-0.05, 0) is 38.0 Å². The smallest absolute Gasteiger partial charge is 0.276 e. The van der Waals surface area contributed by atoms with Crippen LogP contribution in [0.25, 0.3) is 0 Å². The molecule has 1 atom stereocenters. The number of carbonyl (C=O) groups is 2. The summed E-state index contributed by atoms with van der Waals surface area (Å²) in [5.41, 5.74) is 0.701. The minimum absolute atomic E-state index is 0.206. The Morgan fingerprint density at radius 3 is 2.58 bits per heavy atom. The van der Waals surface area contributed by atoms with Crippen molar-refractivity contribution in [2.24, 2.45) is 0 Å². The van der Waals surface area contributed by atoms with Crippen molar-refractivity contribution in [3.63, 3.8) is 0 Å². The Bertz CT molecular complexity index is 770. The quantitative estimate of drug-likeness (QED) is 0.899. The molecule has 126 valence electrons. The highest BCUT2D eigenvalue weighted by molar-refractivity contribution is 6.35. The van der Waals surface area contributed by atoms with Gasteiger partial charge in [0.25, 0.3) is 5.91 Å². The Hall–Kier alpha value is -2.05. The molecule has 1 fully saturated rings. The molecule has 1 saturated heterocycles. The number of halogens is 2. The molecule has 3 rings (SSSR count). The van der Waals surface area contributed by atoms with Gasteiger partial charge in [-0.3, -0.25) is 9.59 Å². The Labute approximate surface area is 148 Å². The molecule has 1 aliphatic heterocycles. The molecule has 0 bridgehead atoms. The van der Waals surface area contributed by atoms with Gasteiger partial charge in [0.2, 0.25) is 5.91 Å². The fourth-order valence-electron chi connectivity index (χ4n) is 2.75. The second-order valence-electron chi connectivity index (χ2n) is 5.63. The van der Waals surface area contributed by atoms with E-state index in [0.29, 0.717) is 34.5 Å². The normalized spacial score (nSPS) is 17.1. The van der Waals surface area contributed by atoms with Gasteiger partial charge < -0.3 is 14.7 Å². The van der Waals surface area contributed by atoms with Gasteiger partial charge in [0.15, 0.2) is 5.69 Å². The Morgan fingerprint density at radius 2 is 1.96 bits per heavy atom. The van der Waals surface area contributed by atoms with Crippen LogP contribution in [0.5, 0.6) is 0 Å². The molecule has 8 heteroatoms. The van der Waals surface area contributed by atoms with Crippen molar-refractivity contribution in [3.05, 3.63) is 45.8 Å². The molecule has 0 aliphatic carbocycles. The summed E-state index contributed by atoms with van der Waals surface area (Å²) in [5.74, 6) is -0.0415. The minimum Gasteiger partial charge on any atom is -0.361 e. The van der Waals surface area contributed by atoms with E-state index in [-0.39, 0.29) is 17.5 Å². The lowest BCUT2D eigenvalue weighted by Crippen LogP contribution is -2.43. The first-order valence-corrected chi connectivity index (χ1v) is 8.21. The van der Waals surface area contributed by atoms with Crippen LogP contribution in [0.3, 0.4) is 0 Å². The van der Waals surface area contributed by atoms with Gasteiger partial charge in [0.05, 0.1) is 0 Å². The summed E-state index contributed by atoms with van der Waals surface area (Å²) in [4.78, 5) is 26.6. The molecular formula is C16H15Cl2N3O3. The fourth-order valence-corrected chi connectivity index (χ4v) is 3.27. The van der Waals surface area contributed by atoms with E-state index in [2.05, 4.69) is 10.5 Å². The zero-order chi connectivity index (χ0) is 17.3. The van der Waals surface area contributed by atoms with E-state index >= 15 is 0 Å². The Balaban J connectivity index is 1.75. The highest BCUT2D eigenvalue weighted by Gasteiger charge is 2.35. The van der Waals surface area contributed by atoms with Crippen LogP contribution >= 0.6 is 23.2 Å². The number of anilines is 1. The van der Waals surface area contributed by atoms with E-state index in [1.54, 1.807) is 31.2 Å². The predicted molar refractivity (Wildman–Crippen MR) is 90.4 cm³/mol. The van der Waals surface area contributed by atoms with E-state index in [9.17, 15) is 9.59 Å². The van der Waals surface area contributed by atoms with Gasteiger partial charge in [0, 0.05) is 28.3 Å². The molecule has 24 heavy (non-hydrogen) atoms. The average Bonchev–Trinajstić information content (AvgIpc) is 3.14. The summed E-state index contributed by atoms with van der Waals surface area (Å²) >= 11 is 11.9. The van der Waals surface area contributed by atoms with Gasteiger partial charge in [-0.15, -0.1) is 0 Å². The van der Waals surface area contributed by atoms with Crippen LogP contribution in [0.2, 0.25) is 10.0 Å². The lowest BCUT2D eigenvalue weighted by atomic mass is 10.2. The lowest BCUT2D eigenvalue weighted by Gasteiger charge is -2.23. The van der Waals surface area contributed by atoms with Crippen molar-refractivity contribution in [3.8, 4) is 0 Å². The molecule has 0 saturated carbocycles. The summed E-state index contributed by atoms with van der Waals surface area (Å²) in [6.07, 6.45) is 1.33. The maximum Gasteiger partial charge on any atom is 0.276 e. The third-order valence-corrected chi connectivity index (χ3v) is 4.23. The van der Waals surface area contributed by atoms with Gasteiger partial charge in [-0.2, -0.15) is 0 Å². The summed E-state index contributed by atoms with van der Waals surface area (Å²) in [6, 6.07) is 5.79. The molecule has 2 heterocycles. The SMILES string of the molecule is Cc1cc(C(=O)N2CCCC2C(=O)Nc2cc(Cl)cc(Cl)c2)no1. The largest absolute Gasteiger partial charge is 0.361 e. The van der Waals surface area contributed by atoms with Gasteiger partial charge in [0.1, 0.15) is 11.8 Å². The molecular weight excluding hydrogens is 353 g/mol. The summed E-state index contributed by atoms with van der Waals surface area (Å²) < 4.78 is 4.94. The third-order valence-electron chi connectivity index (χ3n) is 3.79. The van der Waals surface area contributed by atoms with Crippen LogP contribution in [-0.4, -0.2) is 34.5 Å². The number of carbonyl (C=O) groups excluding carboxylic acids is 2. The maximum absolute atomic E-state index is 12.6. The molecule has 6 nitrogen and oxygen atoms in total. The standard InChI is InChI=1S/C16H15Cl2N3O3/c1-9-5-13(20-24-9)16(23)21-4-2-3-14(21)15(22)19-12-7-10(17)6-11(18)8-12/h5-8,14H,2-4H2,1H3,(H,19,22). The number of amides is 2. The van der Waals surface area contributed by atoms with E-state index in [0.717, 1.165) is 6.42 Å². The number of aromatic nitrogens is 1. The zero-order valence-corrected chi connectivity index (χ0v) is 14.4. The number of likely N-dealkylation sites (tertiary alicyclic amines) is 1. The van der Waals surface area contributed by atoms with E-state index in [1.165, 1.54) is 4.90 Å². The first-order chi connectivity index (χ1) is 11.4. The lowest BCUT2D eigenvalue weighted by molar-refractivity contribution is -0.119. The first-order valence-electron chi connectivity index (χ1n) is 7.45. The van der Waals surface area contributed by atoms with Gasteiger partial charge >= 0.3 is 0 Å². The first kappa shape index (κ1) is 16.8. The van der Waals surface area contributed by atoms with E-state index in [4.69, 9.17) is 27.7 Å². The molecule has 0 radical (unpaired) electrons. The van der Waals surface area contributed by atoms with Crippen LogP contribution in [0.15, 0.2) is 28.8 Å². The van der Waals surface area contributed by atoms with Crippen LogP contribution in [0, 0.1) is 6.92 Å². The average molecular weight is 368 g/mol. The maximum atomic E-state index is 12.6. The summed E-state index contributed by atoms with van der Waals surface area (Å²) in [7, 11) is 0. The van der Waals surface area contributed by atoms with Crippen molar-refractivity contribution >= 4 is 40.7 Å². The van der Waals surface area contributed by atoms with Crippen LogP contribution in [0.1, 0.15) is 29.1 Å². The molecule has 1 aromatic heterocycles. The van der Waals surface area contributed by atoms with Crippen molar-refractivity contribution in [2.75, 3.05) is 11.9 Å². The van der Waals surface area contributed by atoms with E-state index in [1.807, 2.05) is 0 Å². The Kier molecular flexibility index (Phi) is 4.78. The molecule has 2 aromatic rings. The van der Waals surface area contributed by atoms with Crippen molar-refractivity contribution in [1.29, 1.82) is 0 Å². The molecule has 1 aliphatic rings. The van der Waals surface area contributed by atoms with E-state index < -0.39 is 6.04 Å². The van der Waals surface area contributed by atoms with Crippen LogP contribution in [0.4, 0.5) is 5.69 Å². The number of hydrogen-bond acceptors (Lipinski definition) is 4. The molecule has 1 aromatic carbocycles. The number of benzene rings is 1. The number of nitrogens with one attached hydrogen (secondary N) is 1. The molecule has 0 spiro atoms. The number of nitrogens with zero attached hydrogens (tertiary/aromatic N) is 2. The number of aryl methyl sites for hydroxylation is 1. The fraction of sp³-hybridized carbons (Fsp3) is 0.312. The monoisotopic (exact) mass is 367 g/mol. The molecule has 2 amide bonds. The Morgan fingerprint density at radius 1 is 1.25 bits per heavy atom. The van der Waals surface area contributed by atoms with Crippen molar-refractivity contribution in [2.45, 2.75) is 25.8 Å². The van der Waals surface area contributed by atoms with Crippen LogP contribution < -0.4 is 5.32 Å².